The summed E-state index contributed by atoms with van der Waals surface area (Å²) >= 11 is 0. The summed E-state index contributed by atoms with van der Waals surface area (Å²) in [5, 5.41) is 32.0. The van der Waals surface area contributed by atoms with Gasteiger partial charge in [-0.2, -0.15) is 0 Å². The third-order valence-electron chi connectivity index (χ3n) is 0. The fourth-order valence-corrected chi connectivity index (χ4v) is 0. The summed E-state index contributed by atoms with van der Waals surface area (Å²) in [6.07, 6.45) is -4.42. The maximum atomic E-state index is 8.44. The van der Waals surface area contributed by atoms with Crippen molar-refractivity contribution in [1.82, 2.24) is 0 Å². The van der Waals surface area contributed by atoms with Crippen molar-refractivity contribution in [3.8, 4) is 0 Å². The van der Waals surface area contributed by atoms with Crippen LogP contribution in [-0.2, 0) is 0 Å². The first-order valence-corrected chi connectivity index (χ1v) is 1.24. The number of hydrogen-bond donors (Lipinski definition) is 1. The van der Waals surface area contributed by atoms with Gasteiger partial charge in [0.2, 0.25) is 6.16 Å². The first kappa shape index (κ1) is 16.1. The molecule has 0 bridgehead atoms. The summed E-state index contributed by atoms with van der Waals surface area (Å²) in [6, 6.07) is 0. The van der Waals surface area contributed by atoms with Crippen molar-refractivity contribution < 1.29 is 81.4 Å². The van der Waals surface area contributed by atoms with Gasteiger partial charge in [0.15, 0.2) is 0 Å². The van der Waals surface area contributed by atoms with Gasteiger partial charge < -0.3 is 30.0 Å². The molecule has 0 aliphatic rings. The molecule has 0 amide bonds. The predicted molar refractivity (Wildman–Crippen MR) is 13.4 cm³/mol. The maximum absolute atomic E-state index is 8.44. The zero-order valence-corrected chi connectivity index (χ0v) is 7.61. The van der Waals surface area contributed by atoms with Crippen LogP contribution in [0.5, 0.6) is 0 Å². The first-order chi connectivity index (χ1) is 3.46. The number of carbonyl (C=O) groups is 2. The van der Waals surface area contributed by atoms with Gasteiger partial charge >= 0.3 is 51.4 Å². The molecular weight excluding hydrogens is 159 g/mol. The molecule has 0 aliphatic carbocycles. The molecule has 0 aromatic heterocycles. The average molecular weight is 160 g/mol. The fraction of sp³-hybridized carbons (Fsp3) is 0. The van der Waals surface area contributed by atoms with E-state index in [0.29, 0.717) is 0 Å². The second kappa shape index (κ2) is 11.0. The van der Waals surface area contributed by atoms with Gasteiger partial charge in [-0.15, -0.1) is 0 Å². The topological polar surface area (TPSA) is 124 Å². The van der Waals surface area contributed by atoms with E-state index in [9.17, 15) is 0 Å². The monoisotopic (exact) mass is 160 g/mol. The van der Waals surface area contributed by atoms with Crippen molar-refractivity contribution in [2.75, 3.05) is 0 Å². The van der Waals surface area contributed by atoms with E-state index in [-0.39, 0.29) is 51.4 Å². The van der Waals surface area contributed by atoms with Crippen LogP contribution in [0.15, 0.2) is 0 Å². The van der Waals surface area contributed by atoms with E-state index in [1.165, 1.54) is 0 Å². The third-order valence-corrected chi connectivity index (χ3v) is 0. The van der Waals surface area contributed by atoms with Gasteiger partial charge in [0.1, 0.15) is 0 Å². The van der Waals surface area contributed by atoms with E-state index in [1.807, 2.05) is 0 Å². The summed E-state index contributed by atoms with van der Waals surface area (Å²) in [7, 11) is 0. The molecule has 0 radical (unpaired) electrons. The zero-order valence-electron chi connectivity index (χ0n) is 4.49. The summed E-state index contributed by atoms with van der Waals surface area (Å²) < 4.78 is 0. The van der Waals surface area contributed by atoms with Crippen LogP contribution in [0.25, 0.3) is 0 Å². The van der Waals surface area contributed by atoms with Gasteiger partial charge in [-0.1, -0.05) is 0 Å². The molecular formula is C2HKO6-2. The molecule has 7 heteroatoms. The molecule has 0 spiro atoms. The van der Waals surface area contributed by atoms with Crippen molar-refractivity contribution in [2.45, 2.75) is 0 Å². The Morgan fingerprint density at radius 3 is 1.11 bits per heavy atom. The van der Waals surface area contributed by atoms with Crippen LogP contribution in [0.1, 0.15) is 0 Å². The Morgan fingerprint density at radius 1 is 1.11 bits per heavy atom. The Morgan fingerprint density at radius 2 is 1.11 bits per heavy atom. The van der Waals surface area contributed by atoms with E-state index >= 15 is 0 Å². The quantitative estimate of drug-likeness (QED) is 0.351. The third kappa shape index (κ3) is 10000. The molecule has 0 aromatic rings. The summed E-state index contributed by atoms with van der Waals surface area (Å²) in [5.41, 5.74) is 0. The van der Waals surface area contributed by atoms with E-state index in [1.54, 1.807) is 0 Å². The fourth-order valence-electron chi connectivity index (χ4n) is 0. The van der Waals surface area contributed by atoms with Crippen molar-refractivity contribution >= 4 is 12.3 Å². The first-order valence-electron chi connectivity index (χ1n) is 1.24. The predicted octanol–water partition coefficient (Wildman–Crippen LogP) is -6.56. The Balaban J connectivity index is -0.0000000720. The molecule has 0 aliphatic heterocycles. The van der Waals surface area contributed by atoms with E-state index in [4.69, 9.17) is 30.0 Å². The van der Waals surface area contributed by atoms with Gasteiger partial charge in [-0.3, -0.25) is 0 Å². The molecule has 0 saturated carbocycles. The van der Waals surface area contributed by atoms with Crippen LogP contribution in [0, 0.1) is 0 Å². The number of hydrogen-bond acceptors (Lipinski definition) is 5. The molecule has 9 heavy (non-hydrogen) atoms. The SMILES string of the molecule is O=C([O-])O.O=C([O-])[O-].[K+]. The molecule has 0 unspecified atom stereocenters. The molecule has 1 N–H and O–H groups in total. The van der Waals surface area contributed by atoms with Gasteiger partial charge in [-0.25, -0.2) is 0 Å². The van der Waals surface area contributed by atoms with Crippen LogP contribution >= 0.6 is 0 Å². The molecule has 6 nitrogen and oxygen atoms in total. The van der Waals surface area contributed by atoms with Crippen molar-refractivity contribution in [3.63, 3.8) is 0 Å². The summed E-state index contributed by atoms with van der Waals surface area (Å²) in [5.74, 6) is 0. The van der Waals surface area contributed by atoms with Crippen LogP contribution < -0.4 is 66.7 Å². The number of carbonyl (C=O) groups excluding carboxylic acids is 1. The number of rotatable bonds is 0. The molecule has 0 saturated heterocycles. The van der Waals surface area contributed by atoms with Crippen LogP contribution in [0.4, 0.5) is 9.59 Å². The maximum Gasteiger partial charge on any atom is 1.00 e. The van der Waals surface area contributed by atoms with Gasteiger partial charge in [0.25, 0.3) is 0 Å². The zero-order chi connectivity index (χ0) is 7.15. The molecule has 48 valence electrons. The Kier molecular flexibility index (Phi) is 19.7. The molecule has 0 heterocycles. The largest absolute Gasteiger partial charge is 1.00 e. The number of carboxylic acid groups (broad SMARTS) is 4. The van der Waals surface area contributed by atoms with Crippen molar-refractivity contribution in [2.24, 2.45) is 0 Å². The van der Waals surface area contributed by atoms with Crippen molar-refractivity contribution in [3.05, 3.63) is 0 Å². The van der Waals surface area contributed by atoms with E-state index in [2.05, 4.69) is 0 Å². The summed E-state index contributed by atoms with van der Waals surface area (Å²) in [4.78, 5) is 16.8. The molecule has 0 fully saturated rings. The molecule has 0 atom stereocenters. The van der Waals surface area contributed by atoms with Crippen LogP contribution in [0.3, 0.4) is 0 Å². The normalized spacial score (nSPS) is 5.33. The van der Waals surface area contributed by atoms with Crippen LogP contribution in [-0.4, -0.2) is 17.4 Å². The van der Waals surface area contributed by atoms with Crippen LogP contribution in [0.2, 0.25) is 0 Å². The minimum Gasteiger partial charge on any atom is -0.652 e. The van der Waals surface area contributed by atoms with Gasteiger partial charge in [-0.05, 0) is 6.16 Å². The van der Waals surface area contributed by atoms with E-state index in [0.717, 1.165) is 0 Å². The smallest absolute Gasteiger partial charge is 0.652 e. The average Bonchev–Trinajstić information content (AvgIpc) is 1.25. The Hall–Kier alpha value is 0.176. The van der Waals surface area contributed by atoms with Gasteiger partial charge in [0, 0.05) is 0 Å². The Labute approximate surface area is 92.5 Å². The van der Waals surface area contributed by atoms with Crippen molar-refractivity contribution in [1.29, 1.82) is 0 Å². The summed E-state index contributed by atoms with van der Waals surface area (Å²) in [6.45, 7) is 0. The second-order valence-corrected chi connectivity index (χ2v) is 0.516. The molecule has 0 aromatic carbocycles. The Bertz CT molecular complexity index is 69.1. The molecule has 0 rings (SSSR count). The standard InChI is InChI=1S/2CH2O3.K/c2*2-1(3)4;/h2*(H2,2,3,4);/q;;+1/p-3. The minimum atomic E-state index is -2.33. The second-order valence-electron chi connectivity index (χ2n) is 0.516. The van der Waals surface area contributed by atoms with Gasteiger partial charge in [0.05, 0.1) is 0 Å². The minimum absolute atomic E-state index is 0. The van der Waals surface area contributed by atoms with E-state index < -0.39 is 12.3 Å².